The summed E-state index contributed by atoms with van der Waals surface area (Å²) in [5.74, 6) is -3.48. The van der Waals surface area contributed by atoms with E-state index in [-0.39, 0.29) is 22.2 Å². The van der Waals surface area contributed by atoms with Gasteiger partial charge in [-0.25, -0.2) is 22.2 Å². The van der Waals surface area contributed by atoms with E-state index in [0.717, 1.165) is 12.1 Å². The van der Waals surface area contributed by atoms with Crippen molar-refractivity contribution in [3.63, 3.8) is 0 Å². The second-order valence-corrected chi connectivity index (χ2v) is 8.48. The van der Waals surface area contributed by atoms with Gasteiger partial charge in [0.1, 0.15) is 17.5 Å². The normalized spacial score (nSPS) is 11.6. The first-order valence-electron chi connectivity index (χ1n) is 8.07. The molecule has 0 aliphatic rings. The van der Waals surface area contributed by atoms with E-state index in [4.69, 9.17) is 5.26 Å². The molecule has 0 atom stereocenters. The number of ketones is 1. The highest BCUT2D eigenvalue weighted by Crippen LogP contribution is 2.28. The molecule has 0 bridgehead atoms. The van der Waals surface area contributed by atoms with E-state index in [1.54, 1.807) is 0 Å². The van der Waals surface area contributed by atoms with Gasteiger partial charge in [-0.1, -0.05) is 0 Å². The van der Waals surface area contributed by atoms with Crippen LogP contribution in [0.5, 0.6) is 0 Å². The van der Waals surface area contributed by atoms with Crippen molar-refractivity contribution < 1.29 is 22.0 Å². The first-order chi connectivity index (χ1) is 13.2. The van der Waals surface area contributed by atoms with Crippen LogP contribution in [-0.4, -0.2) is 29.4 Å². The maximum atomic E-state index is 14.8. The monoisotopic (exact) mass is 404 g/mol. The number of carbonyl (C=O) groups is 1. The minimum absolute atomic E-state index is 0.0960. The van der Waals surface area contributed by atoms with Crippen LogP contribution in [0.25, 0.3) is 11.0 Å². The van der Waals surface area contributed by atoms with E-state index >= 15 is 0 Å². The first-order valence-corrected chi connectivity index (χ1v) is 9.62. The number of sulfonamides is 1. The molecule has 28 heavy (non-hydrogen) atoms. The van der Waals surface area contributed by atoms with Gasteiger partial charge in [-0.05, 0) is 32.0 Å². The predicted molar refractivity (Wildman–Crippen MR) is 98.3 cm³/mol. The number of nitrogens with zero attached hydrogens (tertiary/aromatic N) is 2. The predicted octanol–water partition coefficient (Wildman–Crippen LogP) is 3.09. The number of benzene rings is 1. The molecule has 7 nitrogen and oxygen atoms in total. The third kappa shape index (κ3) is 3.32. The Hall–Kier alpha value is -3.32. The number of rotatable bonds is 5. The summed E-state index contributed by atoms with van der Waals surface area (Å²) in [7, 11) is -3.90. The number of nitrogens with one attached hydrogen (secondary N) is 2. The molecule has 0 aliphatic carbocycles. The molecule has 2 aromatic heterocycles. The Bertz CT molecular complexity index is 1240. The second kappa shape index (κ2) is 7.01. The van der Waals surface area contributed by atoms with Crippen molar-refractivity contribution in [2.45, 2.75) is 19.1 Å². The third-order valence-corrected chi connectivity index (χ3v) is 5.84. The van der Waals surface area contributed by atoms with Gasteiger partial charge in [0.25, 0.3) is 0 Å². The van der Waals surface area contributed by atoms with Crippen LogP contribution in [0.15, 0.2) is 30.6 Å². The summed E-state index contributed by atoms with van der Waals surface area (Å²) in [5, 5.41) is 8.35. The zero-order valence-electron chi connectivity index (χ0n) is 14.7. The van der Waals surface area contributed by atoms with Gasteiger partial charge in [-0.15, -0.1) is 0 Å². The lowest BCUT2D eigenvalue weighted by Gasteiger charge is -2.13. The molecule has 0 amide bonds. The van der Waals surface area contributed by atoms with Crippen molar-refractivity contribution in [1.29, 1.82) is 5.26 Å². The number of aromatic nitrogens is 2. The summed E-state index contributed by atoms with van der Waals surface area (Å²) in [4.78, 5) is 19.5. The van der Waals surface area contributed by atoms with Crippen molar-refractivity contribution in [1.82, 2.24) is 9.97 Å². The number of carbonyl (C=O) groups excluding carboxylic acids is 1. The number of anilines is 1. The SMILES string of the molecule is CC(C)S(=O)(=O)Nc1ccc(F)c(C(=O)c2c[nH]c3ncc(C#N)cc23)c1F. The fourth-order valence-corrected chi connectivity index (χ4v) is 3.20. The van der Waals surface area contributed by atoms with Gasteiger partial charge < -0.3 is 4.98 Å². The smallest absolute Gasteiger partial charge is 0.235 e. The molecule has 144 valence electrons. The summed E-state index contributed by atoms with van der Waals surface area (Å²) in [6.45, 7) is 2.78. The van der Waals surface area contributed by atoms with E-state index in [1.807, 2.05) is 10.8 Å². The average Bonchev–Trinajstić information content (AvgIpc) is 3.06. The number of pyridine rings is 1. The van der Waals surface area contributed by atoms with Crippen LogP contribution in [0.1, 0.15) is 35.3 Å². The zero-order valence-corrected chi connectivity index (χ0v) is 15.6. The van der Waals surface area contributed by atoms with Gasteiger partial charge in [0.15, 0.2) is 5.82 Å². The number of hydrogen-bond acceptors (Lipinski definition) is 5. The molecule has 1 aromatic carbocycles. The lowest BCUT2D eigenvalue weighted by molar-refractivity contribution is 0.103. The van der Waals surface area contributed by atoms with Crippen LogP contribution in [-0.2, 0) is 10.0 Å². The van der Waals surface area contributed by atoms with Gasteiger partial charge in [0.05, 0.1) is 22.1 Å². The molecule has 2 heterocycles. The van der Waals surface area contributed by atoms with E-state index in [1.165, 1.54) is 32.3 Å². The Balaban J connectivity index is 2.13. The molecule has 3 aromatic rings. The van der Waals surface area contributed by atoms with Crippen LogP contribution in [0.3, 0.4) is 0 Å². The maximum absolute atomic E-state index is 14.8. The Morgan fingerprint density at radius 2 is 2.04 bits per heavy atom. The molecule has 0 fully saturated rings. The fraction of sp³-hybridized carbons (Fsp3) is 0.167. The number of hydrogen-bond donors (Lipinski definition) is 2. The standard InChI is InChI=1S/C18H14F2N4O3S/c1-9(2)28(26,27)24-14-4-3-13(19)15(16(14)20)17(25)12-8-23-18-11(12)5-10(6-21)7-22-18/h3-5,7-9,24H,1-2H3,(H,22,23). The Labute approximate surface area is 159 Å². The van der Waals surface area contributed by atoms with Gasteiger partial charge in [-0.3, -0.25) is 9.52 Å². The molecule has 10 heteroatoms. The summed E-state index contributed by atoms with van der Waals surface area (Å²) in [6.07, 6.45) is 2.51. The lowest BCUT2D eigenvalue weighted by atomic mass is 10.0. The van der Waals surface area contributed by atoms with Crippen molar-refractivity contribution in [2.24, 2.45) is 0 Å². The van der Waals surface area contributed by atoms with Crippen molar-refractivity contribution in [3.05, 3.63) is 58.9 Å². The van der Waals surface area contributed by atoms with Crippen LogP contribution < -0.4 is 4.72 Å². The minimum atomic E-state index is -3.90. The molecule has 0 unspecified atom stereocenters. The second-order valence-electron chi connectivity index (χ2n) is 6.24. The zero-order chi connectivity index (χ0) is 20.6. The molecule has 0 aliphatic heterocycles. The first kappa shape index (κ1) is 19.4. The molecule has 0 radical (unpaired) electrons. The van der Waals surface area contributed by atoms with Gasteiger partial charge in [0, 0.05) is 23.3 Å². The summed E-state index contributed by atoms with van der Waals surface area (Å²) < 4.78 is 55.2. The Kier molecular flexibility index (Phi) is 4.87. The van der Waals surface area contributed by atoms with Crippen molar-refractivity contribution >= 4 is 32.5 Å². The quantitative estimate of drug-likeness (QED) is 0.634. The van der Waals surface area contributed by atoms with E-state index in [2.05, 4.69) is 9.97 Å². The third-order valence-electron chi connectivity index (χ3n) is 4.10. The molecule has 3 rings (SSSR count). The molecule has 0 saturated carbocycles. The summed E-state index contributed by atoms with van der Waals surface area (Å²) in [6, 6.07) is 4.96. The molecular formula is C18H14F2N4O3S. The molecule has 0 spiro atoms. The number of aromatic amines is 1. The van der Waals surface area contributed by atoms with Gasteiger partial charge in [0.2, 0.25) is 15.8 Å². The highest BCUT2D eigenvalue weighted by atomic mass is 32.2. The van der Waals surface area contributed by atoms with Crippen molar-refractivity contribution in [2.75, 3.05) is 4.72 Å². The number of fused-ring (bicyclic) bond motifs is 1. The molecular weight excluding hydrogens is 390 g/mol. The maximum Gasteiger partial charge on any atom is 0.235 e. The minimum Gasteiger partial charge on any atom is -0.345 e. The number of halogens is 2. The van der Waals surface area contributed by atoms with E-state index < -0.39 is 43.9 Å². The average molecular weight is 404 g/mol. The summed E-state index contributed by atoms with van der Waals surface area (Å²) in [5.41, 5.74) is -1.11. The Morgan fingerprint density at radius 3 is 2.68 bits per heavy atom. The van der Waals surface area contributed by atoms with Crippen LogP contribution in [0, 0.1) is 23.0 Å². The van der Waals surface area contributed by atoms with E-state index in [0.29, 0.717) is 0 Å². The fourth-order valence-electron chi connectivity index (χ4n) is 2.50. The highest BCUT2D eigenvalue weighted by molar-refractivity contribution is 7.93. The van der Waals surface area contributed by atoms with Crippen molar-refractivity contribution in [3.8, 4) is 6.07 Å². The largest absolute Gasteiger partial charge is 0.345 e. The summed E-state index contributed by atoms with van der Waals surface area (Å²) >= 11 is 0. The van der Waals surface area contributed by atoms with Gasteiger partial charge in [-0.2, -0.15) is 5.26 Å². The Morgan fingerprint density at radius 1 is 1.32 bits per heavy atom. The molecule has 0 saturated heterocycles. The number of nitriles is 1. The van der Waals surface area contributed by atoms with Crippen LogP contribution >= 0.6 is 0 Å². The topological polar surface area (TPSA) is 116 Å². The lowest BCUT2D eigenvalue weighted by Crippen LogP contribution is -2.23. The van der Waals surface area contributed by atoms with Crippen LogP contribution in [0.4, 0.5) is 14.5 Å². The van der Waals surface area contributed by atoms with E-state index in [9.17, 15) is 22.0 Å². The molecule has 2 N–H and O–H groups in total. The van der Waals surface area contributed by atoms with Gasteiger partial charge >= 0.3 is 0 Å². The van der Waals surface area contributed by atoms with Crippen LogP contribution in [0.2, 0.25) is 0 Å². The highest BCUT2D eigenvalue weighted by Gasteiger charge is 2.26. The number of H-pyrrole nitrogens is 1.